The summed E-state index contributed by atoms with van der Waals surface area (Å²) >= 11 is 6.48. The van der Waals surface area contributed by atoms with E-state index in [2.05, 4.69) is 20.3 Å². The molecule has 29 heavy (non-hydrogen) atoms. The van der Waals surface area contributed by atoms with Crippen molar-refractivity contribution < 1.29 is 22.6 Å². The second-order valence-electron chi connectivity index (χ2n) is 6.09. The van der Waals surface area contributed by atoms with Gasteiger partial charge in [-0.25, -0.2) is 15.0 Å². The Bertz CT molecular complexity index is 1050. The molecule has 0 aliphatic rings. The molecule has 11 heteroatoms. The molecule has 0 saturated carbocycles. The Morgan fingerprint density at radius 2 is 1.83 bits per heavy atom. The molecule has 0 unspecified atom stereocenters. The fourth-order valence-corrected chi connectivity index (χ4v) is 3.23. The van der Waals surface area contributed by atoms with Crippen molar-refractivity contribution in [3.8, 4) is 22.8 Å². The van der Waals surface area contributed by atoms with Crippen LogP contribution in [0, 0.1) is 6.92 Å². The van der Waals surface area contributed by atoms with Gasteiger partial charge in [0.05, 0.1) is 24.9 Å². The van der Waals surface area contributed by atoms with Crippen molar-refractivity contribution in [3.63, 3.8) is 0 Å². The maximum atomic E-state index is 12.8. The molecule has 0 amide bonds. The van der Waals surface area contributed by atoms with Crippen LogP contribution in [0.5, 0.6) is 11.5 Å². The zero-order valence-electron chi connectivity index (χ0n) is 15.7. The lowest BCUT2D eigenvalue weighted by Gasteiger charge is -2.17. The Kier molecular flexibility index (Phi) is 5.56. The molecule has 1 aromatic carbocycles. The SMILES string of the molecule is COc1cc(OC)c(Cl)c(-c2cc3cnc(N)nc3c(NCC(F)(F)F)n2)c1C. The largest absolute Gasteiger partial charge is 0.496 e. The van der Waals surface area contributed by atoms with Gasteiger partial charge in [-0.3, -0.25) is 0 Å². The van der Waals surface area contributed by atoms with Crippen molar-refractivity contribution in [1.29, 1.82) is 0 Å². The van der Waals surface area contributed by atoms with Gasteiger partial charge >= 0.3 is 6.18 Å². The second kappa shape index (κ2) is 7.78. The number of nitrogens with one attached hydrogen (secondary N) is 1. The highest BCUT2D eigenvalue weighted by atomic mass is 35.5. The van der Waals surface area contributed by atoms with Crippen LogP contribution in [-0.2, 0) is 0 Å². The number of ether oxygens (including phenoxy) is 2. The number of anilines is 2. The van der Waals surface area contributed by atoms with E-state index in [-0.39, 0.29) is 22.3 Å². The number of nitrogens with zero attached hydrogens (tertiary/aromatic N) is 3. The summed E-state index contributed by atoms with van der Waals surface area (Å²) in [6, 6.07) is 3.23. The van der Waals surface area contributed by atoms with E-state index in [0.29, 0.717) is 33.7 Å². The number of alkyl halides is 3. The molecule has 0 spiro atoms. The normalized spacial score (nSPS) is 11.6. The van der Waals surface area contributed by atoms with Crippen LogP contribution in [0.1, 0.15) is 5.56 Å². The molecule has 0 bridgehead atoms. The maximum absolute atomic E-state index is 12.8. The van der Waals surface area contributed by atoms with Crippen molar-refractivity contribution >= 4 is 34.3 Å². The summed E-state index contributed by atoms with van der Waals surface area (Å²) in [5.74, 6) is 0.645. The van der Waals surface area contributed by atoms with E-state index in [1.54, 1.807) is 19.1 Å². The number of benzene rings is 1. The van der Waals surface area contributed by atoms with Crippen LogP contribution in [0.4, 0.5) is 24.9 Å². The zero-order valence-corrected chi connectivity index (χ0v) is 16.4. The van der Waals surface area contributed by atoms with Gasteiger partial charge in [0.2, 0.25) is 5.95 Å². The molecule has 0 fully saturated rings. The molecule has 0 aliphatic carbocycles. The van der Waals surface area contributed by atoms with Gasteiger partial charge in [0, 0.05) is 28.8 Å². The summed E-state index contributed by atoms with van der Waals surface area (Å²) in [6.45, 7) is 0.463. The minimum Gasteiger partial charge on any atom is -0.496 e. The predicted octanol–water partition coefficient (Wildman–Crippen LogP) is 4.23. The smallest absolute Gasteiger partial charge is 0.405 e. The Balaban J connectivity index is 2.27. The molecular formula is C18H17ClF3N5O2. The summed E-state index contributed by atoms with van der Waals surface area (Å²) in [5.41, 5.74) is 7.15. The highest BCUT2D eigenvalue weighted by Crippen LogP contribution is 2.43. The minimum absolute atomic E-state index is 0.0839. The van der Waals surface area contributed by atoms with Crippen LogP contribution in [0.3, 0.4) is 0 Å². The maximum Gasteiger partial charge on any atom is 0.405 e. The number of pyridine rings is 1. The van der Waals surface area contributed by atoms with Crippen molar-refractivity contribution in [2.75, 3.05) is 31.8 Å². The van der Waals surface area contributed by atoms with Crippen LogP contribution in [-0.4, -0.2) is 41.9 Å². The van der Waals surface area contributed by atoms with E-state index >= 15 is 0 Å². The Morgan fingerprint density at radius 1 is 1.14 bits per heavy atom. The van der Waals surface area contributed by atoms with Gasteiger partial charge in [0.1, 0.15) is 23.6 Å². The van der Waals surface area contributed by atoms with Crippen LogP contribution >= 0.6 is 11.6 Å². The van der Waals surface area contributed by atoms with Gasteiger partial charge in [-0.15, -0.1) is 0 Å². The quantitative estimate of drug-likeness (QED) is 0.629. The summed E-state index contributed by atoms with van der Waals surface area (Å²) < 4.78 is 48.9. The van der Waals surface area contributed by atoms with E-state index in [1.807, 2.05) is 0 Å². The Labute approximate surface area is 169 Å². The molecule has 2 heterocycles. The first-order chi connectivity index (χ1) is 13.6. The number of nitrogen functional groups attached to an aromatic ring is 1. The number of halogens is 4. The van der Waals surface area contributed by atoms with Gasteiger partial charge in [-0.2, -0.15) is 13.2 Å². The molecule has 0 aliphatic heterocycles. The van der Waals surface area contributed by atoms with Crippen molar-refractivity contribution in [1.82, 2.24) is 15.0 Å². The number of nitrogens with two attached hydrogens (primary N) is 1. The minimum atomic E-state index is -4.45. The Hall–Kier alpha value is -3.01. The summed E-state index contributed by atoms with van der Waals surface area (Å²) in [4.78, 5) is 12.3. The lowest BCUT2D eigenvalue weighted by molar-refractivity contribution is -0.115. The lowest BCUT2D eigenvalue weighted by Crippen LogP contribution is -2.22. The van der Waals surface area contributed by atoms with E-state index in [4.69, 9.17) is 26.8 Å². The van der Waals surface area contributed by atoms with Crippen LogP contribution in [0.25, 0.3) is 22.2 Å². The molecule has 3 aromatic rings. The first-order valence-electron chi connectivity index (χ1n) is 8.30. The highest BCUT2D eigenvalue weighted by molar-refractivity contribution is 6.35. The average Bonchev–Trinajstić information content (AvgIpc) is 2.66. The molecule has 3 N–H and O–H groups in total. The van der Waals surface area contributed by atoms with Crippen molar-refractivity contribution in [2.24, 2.45) is 0 Å². The third-order valence-corrected chi connectivity index (χ3v) is 4.55. The summed E-state index contributed by atoms with van der Waals surface area (Å²) in [5, 5.41) is 2.96. The van der Waals surface area contributed by atoms with E-state index in [1.165, 1.54) is 20.4 Å². The molecule has 2 aromatic heterocycles. The number of fused-ring (bicyclic) bond motifs is 1. The standard InChI is InChI=1S/C18H17ClF3N5O2/c1-8-11(28-2)5-12(29-3)14(19)13(8)10-4-9-6-24-17(23)27-15(9)16(26-10)25-7-18(20,21)22/h4-6H,7H2,1-3H3,(H,25,26)(H2,23,24,27). The molecule has 154 valence electrons. The van der Waals surface area contributed by atoms with Crippen molar-refractivity contribution in [2.45, 2.75) is 13.1 Å². The number of methoxy groups -OCH3 is 2. The van der Waals surface area contributed by atoms with Crippen LogP contribution < -0.4 is 20.5 Å². The highest BCUT2D eigenvalue weighted by Gasteiger charge is 2.28. The first-order valence-corrected chi connectivity index (χ1v) is 8.67. The molecule has 0 saturated heterocycles. The van der Waals surface area contributed by atoms with Gasteiger partial charge in [-0.05, 0) is 13.0 Å². The topological polar surface area (TPSA) is 95.2 Å². The molecular weight excluding hydrogens is 411 g/mol. The predicted molar refractivity (Wildman–Crippen MR) is 105 cm³/mol. The molecule has 7 nitrogen and oxygen atoms in total. The average molecular weight is 428 g/mol. The van der Waals surface area contributed by atoms with Gasteiger partial charge < -0.3 is 20.5 Å². The second-order valence-corrected chi connectivity index (χ2v) is 6.46. The number of hydrogen-bond donors (Lipinski definition) is 2. The van der Waals surface area contributed by atoms with Crippen LogP contribution in [0.2, 0.25) is 5.02 Å². The third-order valence-electron chi connectivity index (χ3n) is 4.18. The molecule has 0 radical (unpaired) electrons. The van der Waals surface area contributed by atoms with Crippen LogP contribution in [0.15, 0.2) is 18.3 Å². The van der Waals surface area contributed by atoms with E-state index in [9.17, 15) is 13.2 Å². The summed E-state index contributed by atoms with van der Waals surface area (Å²) in [6.07, 6.45) is -3.04. The van der Waals surface area contributed by atoms with Crippen molar-refractivity contribution in [3.05, 3.63) is 28.9 Å². The zero-order chi connectivity index (χ0) is 21.3. The first kappa shape index (κ1) is 20.7. The fourth-order valence-electron chi connectivity index (χ4n) is 2.86. The fraction of sp³-hybridized carbons (Fsp3) is 0.278. The Morgan fingerprint density at radius 3 is 2.45 bits per heavy atom. The van der Waals surface area contributed by atoms with E-state index in [0.717, 1.165) is 0 Å². The number of rotatable bonds is 5. The van der Waals surface area contributed by atoms with E-state index < -0.39 is 12.7 Å². The van der Waals surface area contributed by atoms with Gasteiger partial charge in [-0.1, -0.05) is 11.6 Å². The number of aromatic nitrogens is 3. The number of hydrogen-bond acceptors (Lipinski definition) is 7. The molecule has 3 rings (SSSR count). The lowest BCUT2D eigenvalue weighted by atomic mass is 10.0. The summed E-state index contributed by atoms with van der Waals surface area (Å²) in [7, 11) is 2.93. The van der Waals surface area contributed by atoms with Gasteiger partial charge in [0.25, 0.3) is 0 Å². The molecule has 0 atom stereocenters. The van der Waals surface area contributed by atoms with Gasteiger partial charge in [0.15, 0.2) is 5.82 Å². The third kappa shape index (κ3) is 4.21. The monoisotopic (exact) mass is 427 g/mol.